The number of fused-ring (bicyclic) bond motifs is 6. The van der Waals surface area contributed by atoms with Crippen LogP contribution in [-0.2, 0) is 14.3 Å². The van der Waals surface area contributed by atoms with Crippen molar-refractivity contribution in [3.63, 3.8) is 0 Å². The number of carbonyl (C=O) groups is 2. The summed E-state index contributed by atoms with van der Waals surface area (Å²) in [5, 5.41) is 20.8. The molecule has 2 fully saturated rings. The van der Waals surface area contributed by atoms with Crippen molar-refractivity contribution in [3.05, 3.63) is 22.8 Å². The van der Waals surface area contributed by atoms with Gasteiger partial charge in [0.2, 0.25) is 0 Å². The van der Waals surface area contributed by atoms with Gasteiger partial charge in [0.1, 0.15) is 6.29 Å². The number of rotatable bonds is 3. The van der Waals surface area contributed by atoms with Gasteiger partial charge in [-0.1, -0.05) is 25.0 Å². The Hall–Kier alpha value is -1.46. The van der Waals surface area contributed by atoms with E-state index in [9.17, 15) is 19.8 Å². The zero-order valence-electron chi connectivity index (χ0n) is 15.0. The molecule has 4 aliphatic rings. The van der Waals surface area contributed by atoms with E-state index in [4.69, 9.17) is 4.74 Å². The summed E-state index contributed by atoms with van der Waals surface area (Å²) in [6, 6.07) is 0. The van der Waals surface area contributed by atoms with Crippen LogP contribution in [0.5, 0.6) is 0 Å². The first-order valence-corrected chi connectivity index (χ1v) is 9.19. The van der Waals surface area contributed by atoms with Crippen molar-refractivity contribution in [2.75, 3.05) is 0 Å². The first kappa shape index (κ1) is 17.0. The largest absolute Gasteiger partial charge is 0.481 e. The van der Waals surface area contributed by atoms with Crippen LogP contribution in [0.3, 0.4) is 0 Å². The number of aliphatic hydroxyl groups is 1. The summed E-state index contributed by atoms with van der Waals surface area (Å²) < 4.78 is 5.88. The van der Waals surface area contributed by atoms with Crippen LogP contribution in [0.15, 0.2) is 22.8 Å². The van der Waals surface area contributed by atoms with Gasteiger partial charge in [-0.25, -0.2) is 0 Å². The summed E-state index contributed by atoms with van der Waals surface area (Å²) in [7, 11) is 0. The summed E-state index contributed by atoms with van der Waals surface area (Å²) >= 11 is 0. The lowest BCUT2D eigenvalue weighted by Crippen LogP contribution is -2.58. The van der Waals surface area contributed by atoms with Gasteiger partial charge in [0.05, 0.1) is 12.0 Å². The van der Waals surface area contributed by atoms with Crippen LogP contribution in [0, 0.1) is 22.7 Å². The normalized spacial score (nSPS) is 46.3. The molecule has 5 heteroatoms. The maximum absolute atomic E-state index is 11.6. The van der Waals surface area contributed by atoms with E-state index < -0.39 is 29.2 Å². The van der Waals surface area contributed by atoms with E-state index in [1.54, 1.807) is 13.0 Å². The standard InChI is InChI=1S/C20H26O5/c1-11(17(22)23)13-4-5-18(2)6-7-19(3)14(16(13)18)8-15-12(10-21)9-20(19,24)25-15/h9-11,14-15,24H,4-8H2,1-3H3,(H,22,23)/t11-,14-,15-,18-,19-,20-/m1/s1. The minimum atomic E-state index is -1.44. The maximum atomic E-state index is 11.6. The maximum Gasteiger partial charge on any atom is 0.310 e. The van der Waals surface area contributed by atoms with Crippen LogP contribution in [0.1, 0.15) is 52.9 Å². The summed E-state index contributed by atoms with van der Waals surface area (Å²) in [6.45, 7) is 6.03. The smallest absolute Gasteiger partial charge is 0.310 e. The number of ether oxygens (including phenoxy) is 1. The number of hydrogen-bond donors (Lipinski definition) is 2. The molecule has 0 aromatic heterocycles. The molecule has 6 atom stereocenters. The van der Waals surface area contributed by atoms with Crippen molar-refractivity contribution < 1.29 is 24.5 Å². The molecular formula is C20H26O5. The molecule has 0 aromatic rings. The van der Waals surface area contributed by atoms with Crippen LogP contribution in [0.2, 0.25) is 0 Å². The predicted octanol–water partition coefficient (Wildman–Crippen LogP) is 2.84. The van der Waals surface area contributed by atoms with Gasteiger partial charge in [-0.2, -0.15) is 0 Å². The third-order valence-electron chi connectivity index (χ3n) is 7.61. The number of allylic oxidation sites excluding steroid dienone is 1. The molecule has 2 aliphatic heterocycles. The lowest BCUT2D eigenvalue weighted by atomic mass is 9.52. The highest BCUT2D eigenvalue weighted by molar-refractivity contribution is 5.77. The summed E-state index contributed by atoms with van der Waals surface area (Å²) in [6.07, 6.45) is 6.13. The Morgan fingerprint density at radius 3 is 2.72 bits per heavy atom. The highest BCUT2D eigenvalue weighted by atomic mass is 16.6. The Morgan fingerprint density at radius 1 is 1.36 bits per heavy atom. The Bertz CT molecular complexity index is 722. The molecule has 0 radical (unpaired) electrons. The van der Waals surface area contributed by atoms with Crippen molar-refractivity contribution >= 4 is 12.3 Å². The zero-order chi connectivity index (χ0) is 18.2. The molecule has 0 spiro atoms. The fourth-order valence-corrected chi connectivity index (χ4v) is 5.85. The summed E-state index contributed by atoms with van der Waals surface area (Å²) in [5.41, 5.74) is 2.24. The fourth-order valence-electron chi connectivity index (χ4n) is 5.85. The van der Waals surface area contributed by atoms with E-state index in [-0.39, 0.29) is 11.3 Å². The number of carboxylic acids is 1. The monoisotopic (exact) mass is 346 g/mol. The van der Waals surface area contributed by atoms with Crippen LogP contribution in [0.25, 0.3) is 0 Å². The van der Waals surface area contributed by atoms with E-state index in [1.165, 1.54) is 5.57 Å². The second kappa shape index (κ2) is 5.04. The number of carbonyl (C=O) groups excluding carboxylic acids is 1. The van der Waals surface area contributed by atoms with Crippen LogP contribution in [0.4, 0.5) is 0 Å². The van der Waals surface area contributed by atoms with E-state index in [0.717, 1.165) is 37.5 Å². The average molecular weight is 346 g/mol. The van der Waals surface area contributed by atoms with Gasteiger partial charge in [0.25, 0.3) is 0 Å². The summed E-state index contributed by atoms with van der Waals surface area (Å²) in [5.74, 6) is -2.69. The minimum Gasteiger partial charge on any atom is -0.481 e. The van der Waals surface area contributed by atoms with Gasteiger partial charge < -0.3 is 14.9 Å². The van der Waals surface area contributed by atoms with Crippen LogP contribution >= 0.6 is 0 Å². The zero-order valence-corrected chi connectivity index (χ0v) is 15.0. The second-order valence-electron chi connectivity index (χ2n) is 8.83. The molecule has 25 heavy (non-hydrogen) atoms. The number of carboxylic acid groups (broad SMARTS) is 1. The van der Waals surface area contributed by atoms with Crippen molar-refractivity contribution in [2.24, 2.45) is 22.7 Å². The third kappa shape index (κ3) is 2.02. The molecule has 5 nitrogen and oxygen atoms in total. The Kier molecular flexibility index (Phi) is 3.42. The van der Waals surface area contributed by atoms with Gasteiger partial charge in [-0.05, 0) is 56.4 Å². The number of aliphatic carboxylic acids is 1. The van der Waals surface area contributed by atoms with E-state index in [2.05, 4.69) is 6.92 Å². The molecule has 0 amide bonds. The number of aldehydes is 1. The minimum absolute atomic E-state index is 0.00228. The Labute approximate surface area is 147 Å². The highest BCUT2D eigenvalue weighted by Gasteiger charge is 2.65. The SMILES string of the molecule is C[C@@H](C(=O)O)C1=C2[C@H]3C[C@H]4O[C@](O)(C=C4C=O)[C@]3(C)CC[C@@]2(C)CC1. The van der Waals surface area contributed by atoms with Crippen LogP contribution < -0.4 is 0 Å². The van der Waals surface area contributed by atoms with Crippen molar-refractivity contribution in [3.8, 4) is 0 Å². The Balaban J connectivity index is 1.86. The van der Waals surface area contributed by atoms with E-state index in [0.29, 0.717) is 12.0 Å². The number of hydrogen-bond acceptors (Lipinski definition) is 4. The molecule has 0 aromatic carbocycles. The Morgan fingerprint density at radius 2 is 2.08 bits per heavy atom. The fraction of sp³-hybridized carbons (Fsp3) is 0.700. The van der Waals surface area contributed by atoms with Gasteiger partial charge in [0, 0.05) is 11.0 Å². The lowest BCUT2D eigenvalue weighted by Gasteiger charge is -2.57. The van der Waals surface area contributed by atoms with E-state index in [1.807, 2.05) is 6.92 Å². The van der Waals surface area contributed by atoms with Crippen molar-refractivity contribution in [1.29, 1.82) is 0 Å². The first-order chi connectivity index (χ1) is 11.7. The molecule has 136 valence electrons. The van der Waals surface area contributed by atoms with Crippen LogP contribution in [-0.4, -0.2) is 34.4 Å². The highest BCUT2D eigenvalue weighted by Crippen LogP contribution is 2.67. The second-order valence-corrected chi connectivity index (χ2v) is 8.83. The van der Waals surface area contributed by atoms with Gasteiger partial charge >= 0.3 is 5.97 Å². The van der Waals surface area contributed by atoms with Gasteiger partial charge in [-0.15, -0.1) is 0 Å². The topological polar surface area (TPSA) is 83.8 Å². The molecule has 1 saturated carbocycles. The predicted molar refractivity (Wildman–Crippen MR) is 90.6 cm³/mol. The molecule has 1 saturated heterocycles. The molecule has 4 rings (SSSR count). The first-order valence-electron chi connectivity index (χ1n) is 9.19. The molecular weight excluding hydrogens is 320 g/mol. The molecule has 2 N–H and O–H groups in total. The third-order valence-corrected chi connectivity index (χ3v) is 7.61. The van der Waals surface area contributed by atoms with Crippen molar-refractivity contribution in [1.82, 2.24) is 0 Å². The molecule has 2 bridgehead atoms. The molecule has 2 heterocycles. The lowest BCUT2D eigenvalue weighted by molar-refractivity contribution is -0.288. The quantitative estimate of drug-likeness (QED) is 0.606. The van der Waals surface area contributed by atoms with Gasteiger partial charge in [-0.3, -0.25) is 9.59 Å². The average Bonchev–Trinajstić information content (AvgIpc) is 3.05. The summed E-state index contributed by atoms with van der Waals surface area (Å²) in [4.78, 5) is 23.0. The van der Waals surface area contributed by atoms with Crippen molar-refractivity contribution in [2.45, 2.75) is 64.8 Å². The van der Waals surface area contributed by atoms with E-state index >= 15 is 0 Å². The molecule has 2 aliphatic carbocycles. The molecule has 0 unspecified atom stereocenters. The van der Waals surface area contributed by atoms with Gasteiger partial charge in [0.15, 0.2) is 5.79 Å².